The van der Waals surface area contributed by atoms with E-state index in [9.17, 15) is 0 Å². The van der Waals surface area contributed by atoms with Crippen LogP contribution in [-0.2, 0) is 0 Å². The quantitative estimate of drug-likeness (QED) is 0.217. The normalized spacial score (nSPS) is 11.5. The fourth-order valence-corrected chi connectivity index (χ4v) is 5.88. The molecule has 186 valence electrons. The Morgan fingerprint density at radius 3 is 1.65 bits per heavy atom. The summed E-state index contributed by atoms with van der Waals surface area (Å²) in [6.45, 7) is 7.43. The minimum absolute atomic E-state index is 0.616. The summed E-state index contributed by atoms with van der Waals surface area (Å²) in [6, 6.07) is 46.5. The Bertz CT molecular complexity index is 2270. The van der Waals surface area contributed by atoms with Crippen molar-refractivity contribution in [3.63, 3.8) is 0 Å². The van der Waals surface area contributed by atoms with E-state index in [1.54, 1.807) is 6.07 Å². The summed E-state index contributed by atoms with van der Waals surface area (Å²) >= 11 is 0. The Labute approximate surface area is 231 Å². The zero-order valence-corrected chi connectivity index (χ0v) is 21.5. The second-order valence-electron chi connectivity index (χ2n) is 10.1. The molecule has 0 aliphatic carbocycles. The standard InChI is InChI=1S/C37H22N2O/c1-38-28-15-19-37-33(23-28)32-22-27(14-18-36(32)40-37)26-13-17-35-31(21-26)30-20-25(24-8-4-2-5-9-24)12-16-34(30)39(35)29-10-6-3-7-11-29/h2-23H. The molecule has 2 heterocycles. The van der Waals surface area contributed by atoms with Crippen LogP contribution in [0.1, 0.15) is 0 Å². The van der Waals surface area contributed by atoms with Gasteiger partial charge in [-0.05, 0) is 82.9 Å². The molecule has 0 bridgehead atoms. The van der Waals surface area contributed by atoms with E-state index in [2.05, 4.69) is 119 Å². The van der Waals surface area contributed by atoms with Gasteiger partial charge in [0.1, 0.15) is 11.2 Å². The molecule has 0 saturated heterocycles. The maximum absolute atomic E-state index is 7.43. The number of aromatic nitrogens is 1. The SMILES string of the molecule is [C-]#[N+]c1ccc2oc3ccc(-c4ccc5c(c4)c4cc(-c6ccccc6)ccc4n5-c4ccccc4)cc3c2c1. The van der Waals surface area contributed by atoms with E-state index in [1.807, 2.05) is 18.2 Å². The highest BCUT2D eigenvalue weighted by Crippen LogP contribution is 2.39. The maximum Gasteiger partial charge on any atom is 0.188 e. The summed E-state index contributed by atoms with van der Waals surface area (Å²) < 4.78 is 8.42. The minimum atomic E-state index is 0.616. The van der Waals surface area contributed by atoms with Crippen molar-refractivity contribution in [3.8, 4) is 27.9 Å². The van der Waals surface area contributed by atoms with Crippen LogP contribution in [0.2, 0.25) is 0 Å². The number of fused-ring (bicyclic) bond motifs is 6. The molecule has 8 aromatic rings. The van der Waals surface area contributed by atoms with Crippen molar-refractivity contribution in [2.45, 2.75) is 0 Å². The first-order valence-corrected chi connectivity index (χ1v) is 13.3. The van der Waals surface area contributed by atoms with Crippen LogP contribution in [0.15, 0.2) is 138 Å². The first-order valence-electron chi connectivity index (χ1n) is 13.3. The van der Waals surface area contributed by atoms with Crippen LogP contribution in [0.3, 0.4) is 0 Å². The van der Waals surface area contributed by atoms with Crippen molar-refractivity contribution >= 4 is 49.4 Å². The second-order valence-corrected chi connectivity index (χ2v) is 10.1. The van der Waals surface area contributed by atoms with E-state index in [4.69, 9.17) is 11.0 Å². The van der Waals surface area contributed by atoms with Gasteiger partial charge in [0, 0.05) is 27.2 Å². The number of hydrogen-bond donors (Lipinski definition) is 0. The summed E-state index contributed by atoms with van der Waals surface area (Å²) in [5, 5.41) is 4.43. The lowest BCUT2D eigenvalue weighted by Crippen LogP contribution is -1.93. The molecule has 0 radical (unpaired) electrons. The Kier molecular flexibility index (Phi) is 4.89. The van der Waals surface area contributed by atoms with Crippen molar-refractivity contribution in [2.75, 3.05) is 0 Å². The smallest absolute Gasteiger partial charge is 0.188 e. The van der Waals surface area contributed by atoms with Crippen molar-refractivity contribution in [3.05, 3.63) is 145 Å². The van der Waals surface area contributed by atoms with Crippen LogP contribution < -0.4 is 0 Å². The Balaban J connectivity index is 1.37. The van der Waals surface area contributed by atoms with Crippen molar-refractivity contribution in [1.82, 2.24) is 4.57 Å². The second kappa shape index (κ2) is 8.73. The highest BCUT2D eigenvalue weighted by Gasteiger charge is 2.15. The molecule has 0 saturated carbocycles. The summed E-state index contributed by atoms with van der Waals surface area (Å²) in [5.74, 6) is 0. The van der Waals surface area contributed by atoms with Gasteiger partial charge >= 0.3 is 0 Å². The largest absolute Gasteiger partial charge is 0.456 e. The third-order valence-electron chi connectivity index (χ3n) is 7.80. The highest BCUT2D eigenvalue weighted by atomic mass is 16.3. The lowest BCUT2D eigenvalue weighted by atomic mass is 9.99. The summed E-state index contributed by atoms with van der Waals surface area (Å²) in [7, 11) is 0. The van der Waals surface area contributed by atoms with Gasteiger partial charge in [-0.15, -0.1) is 0 Å². The Hall–Kier alpha value is -5.59. The van der Waals surface area contributed by atoms with Gasteiger partial charge < -0.3 is 8.98 Å². The first kappa shape index (κ1) is 22.4. The lowest BCUT2D eigenvalue weighted by molar-refractivity contribution is 0.669. The van der Waals surface area contributed by atoms with E-state index in [0.29, 0.717) is 5.69 Å². The van der Waals surface area contributed by atoms with Crippen LogP contribution in [0.25, 0.3) is 76.5 Å². The van der Waals surface area contributed by atoms with Crippen LogP contribution in [0.5, 0.6) is 0 Å². The highest BCUT2D eigenvalue weighted by molar-refractivity contribution is 6.12. The Morgan fingerprint density at radius 2 is 1.00 bits per heavy atom. The fourth-order valence-electron chi connectivity index (χ4n) is 5.88. The maximum atomic E-state index is 7.43. The average molecular weight is 511 g/mol. The molecule has 0 aliphatic rings. The van der Waals surface area contributed by atoms with Gasteiger partial charge in [-0.3, -0.25) is 0 Å². The summed E-state index contributed by atoms with van der Waals surface area (Å²) in [6.07, 6.45) is 0. The van der Waals surface area contributed by atoms with Gasteiger partial charge in [0.2, 0.25) is 0 Å². The van der Waals surface area contributed by atoms with E-state index < -0.39 is 0 Å². The zero-order chi connectivity index (χ0) is 26.6. The van der Waals surface area contributed by atoms with Gasteiger partial charge in [0.05, 0.1) is 17.6 Å². The summed E-state index contributed by atoms with van der Waals surface area (Å²) in [4.78, 5) is 3.61. The molecule has 0 N–H and O–H groups in total. The molecule has 0 fully saturated rings. The molecule has 0 aliphatic heterocycles. The number of benzene rings is 6. The van der Waals surface area contributed by atoms with Crippen LogP contribution >= 0.6 is 0 Å². The third kappa shape index (κ3) is 3.44. The van der Waals surface area contributed by atoms with Crippen LogP contribution in [0.4, 0.5) is 5.69 Å². The average Bonchev–Trinajstić information content (AvgIpc) is 3.55. The monoisotopic (exact) mass is 510 g/mol. The topological polar surface area (TPSA) is 22.4 Å². The molecule has 3 nitrogen and oxygen atoms in total. The van der Waals surface area contributed by atoms with E-state index >= 15 is 0 Å². The van der Waals surface area contributed by atoms with Crippen molar-refractivity contribution in [1.29, 1.82) is 0 Å². The van der Waals surface area contributed by atoms with Crippen molar-refractivity contribution < 1.29 is 4.42 Å². The molecule has 3 heteroatoms. The molecule has 0 amide bonds. The molecular formula is C37H22N2O. The van der Waals surface area contributed by atoms with Gasteiger partial charge in [0.25, 0.3) is 0 Å². The molecule has 0 unspecified atom stereocenters. The predicted octanol–water partition coefficient (Wildman–Crippen LogP) is 10.6. The molecule has 40 heavy (non-hydrogen) atoms. The fraction of sp³-hybridized carbons (Fsp3) is 0. The number of nitrogens with zero attached hydrogens (tertiary/aromatic N) is 2. The predicted molar refractivity (Wildman–Crippen MR) is 165 cm³/mol. The molecule has 8 rings (SSSR count). The first-order chi connectivity index (χ1) is 19.8. The molecule has 2 aromatic heterocycles. The number of furan rings is 1. The van der Waals surface area contributed by atoms with E-state index in [-0.39, 0.29) is 0 Å². The zero-order valence-electron chi connectivity index (χ0n) is 21.5. The lowest BCUT2D eigenvalue weighted by Gasteiger charge is -2.08. The molecule has 6 aromatic carbocycles. The number of para-hydroxylation sites is 1. The molecule has 0 atom stereocenters. The van der Waals surface area contributed by atoms with E-state index in [1.165, 1.54) is 32.9 Å². The number of rotatable bonds is 3. The Morgan fingerprint density at radius 1 is 0.475 bits per heavy atom. The van der Waals surface area contributed by atoms with Gasteiger partial charge in [0.15, 0.2) is 5.69 Å². The minimum Gasteiger partial charge on any atom is -0.456 e. The van der Waals surface area contributed by atoms with Gasteiger partial charge in [-0.1, -0.05) is 72.8 Å². The van der Waals surface area contributed by atoms with Gasteiger partial charge in [-0.25, -0.2) is 4.85 Å². The molecular weight excluding hydrogens is 488 g/mol. The summed E-state index contributed by atoms with van der Waals surface area (Å²) in [5.41, 5.74) is 10.4. The molecule has 0 spiro atoms. The van der Waals surface area contributed by atoms with Gasteiger partial charge in [-0.2, -0.15) is 0 Å². The van der Waals surface area contributed by atoms with Crippen LogP contribution in [-0.4, -0.2) is 4.57 Å². The van der Waals surface area contributed by atoms with E-state index in [0.717, 1.165) is 38.8 Å². The number of hydrogen-bond acceptors (Lipinski definition) is 1. The third-order valence-corrected chi connectivity index (χ3v) is 7.80. The van der Waals surface area contributed by atoms with Crippen LogP contribution in [0, 0.1) is 6.57 Å². The van der Waals surface area contributed by atoms with Crippen molar-refractivity contribution in [2.24, 2.45) is 0 Å².